The second-order valence-electron chi connectivity index (χ2n) is 10.5. The van der Waals surface area contributed by atoms with Gasteiger partial charge in [-0.05, 0) is 43.7 Å². The fourth-order valence-electron chi connectivity index (χ4n) is 5.42. The molecule has 232 valence electrons. The molecule has 3 heterocycles. The van der Waals surface area contributed by atoms with E-state index < -0.39 is 5.97 Å². The van der Waals surface area contributed by atoms with E-state index >= 15 is 0 Å². The highest BCUT2D eigenvalue weighted by Crippen LogP contribution is 2.38. The molecule has 0 aliphatic carbocycles. The van der Waals surface area contributed by atoms with Crippen molar-refractivity contribution in [3.63, 3.8) is 0 Å². The fourth-order valence-corrected chi connectivity index (χ4v) is 5.42. The first-order chi connectivity index (χ1) is 21.5. The summed E-state index contributed by atoms with van der Waals surface area (Å²) in [5.41, 5.74) is 2.86. The van der Waals surface area contributed by atoms with E-state index in [1.807, 2.05) is 12.1 Å². The van der Waals surface area contributed by atoms with Gasteiger partial charge < -0.3 is 34.1 Å². The summed E-state index contributed by atoms with van der Waals surface area (Å²) in [4.78, 5) is 36.8. The third-order valence-corrected chi connectivity index (χ3v) is 7.75. The van der Waals surface area contributed by atoms with Crippen molar-refractivity contribution >= 4 is 34.3 Å². The number of esters is 1. The monoisotopic (exact) mass is 602 g/mol. The van der Waals surface area contributed by atoms with Gasteiger partial charge in [0.2, 0.25) is 0 Å². The molecule has 12 heteroatoms. The second kappa shape index (κ2) is 14.7. The molecule has 5 rings (SSSR count). The van der Waals surface area contributed by atoms with Crippen LogP contribution in [0.1, 0.15) is 29.3 Å². The molecule has 2 saturated heterocycles. The van der Waals surface area contributed by atoms with E-state index in [2.05, 4.69) is 26.2 Å². The summed E-state index contributed by atoms with van der Waals surface area (Å²) in [6.07, 6.45) is 2.42. The fraction of sp³-hybridized carbons (Fsp3) is 0.438. The second-order valence-corrected chi connectivity index (χ2v) is 10.5. The van der Waals surface area contributed by atoms with Crippen molar-refractivity contribution in [2.24, 2.45) is 0 Å². The Morgan fingerprint density at radius 1 is 1.05 bits per heavy atom. The quantitative estimate of drug-likeness (QED) is 0.271. The molecule has 2 aliphatic rings. The number of hydrogen-bond donors (Lipinski definition) is 1. The van der Waals surface area contributed by atoms with E-state index in [0.717, 1.165) is 44.7 Å². The SMILES string of the molecule is CCOC(=O)c1cnc2cc(OCCCN3CCOCC3)c(OC)cc2c1N1CCN(C(=O)Nc2ccc(C#N)cc2)CC1. The summed E-state index contributed by atoms with van der Waals surface area (Å²) in [5, 5.41) is 12.6. The summed E-state index contributed by atoms with van der Waals surface area (Å²) in [6, 6.07) is 12.3. The van der Waals surface area contributed by atoms with Crippen LogP contribution >= 0.6 is 0 Å². The Kier molecular flexibility index (Phi) is 10.3. The number of amides is 2. The minimum atomic E-state index is -0.458. The molecule has 1 N–H and O–H groups in total. The number of morpholine rings is 1. The minimum absolute atomic E-state index is 0.225. The lowest BCUT2D eigenvalue weighted by molar-refractivity contribution is 0.0357. The van der Waals surface area contributed by atoms with Crippen LogP contribution in [-0.4, -0.2) is 106 Å². The predicted molar refractivity (Wildman–Crippen MR) is 166 cm³/mol. The van der Waals surface area contributed by atoms with Crippen molar-refractivity contribution in [2.75, 3.05) is 89.6 Å². The van der Waals surface area contributed by atoms with Crippen molar-refractivity contribution in [3.8, 4) is 17.6 Å². The zero-order valence-electron chi connectivity index (χ0n) is 25.2. The number of fused-ring (bicyclic) bond motifs is 1. The van der Waals surface area contributed by atoms with Gasteiger partial charge in [-0.3, -0.25) is 9.88 Å². The molecular weight excluding hydrogens is 564 g/mol. The van der Waals surface area contributed by atoms with Gasteiger partial charge in [0.1, 0.15) is 5.56 Å². The van der Waals surface area contributed by atoms with E-state index in [1.54, 1.807) is 49.4 Å². The highest BCUT2D eigenvalue weighted by atomic mass is 16.5. The first-order valence-electron chi connectivity index (χ1n) is 14.9. The normalized spacial score (nSPS) is 15.5. The van der Waals surface area contributed by atoms with Gasteiger partial charge in [0.25, 0.3) is 0 Å². The molecule has 3 aromatic rings. The van der Waals surface area contributed by atoms with Gasteiger partial charge >= 0.3 is 12.0 Å². The molecule has 2 fully saturated rings. The van der Waals surface area contributed by atoms with Crippen LogP contribution in [0.4, 0.5) is 16.2 Å². The number of pyridine rings is 1. The number of anilines is 2. The standard InChI is InChI=1S/C32H38N6O6/c1-3-43-31(39)26-22-34-27-20-29(44-16-4-9-36-14-17-42-18-15-36)28(41-2)19-25(27)30(26)37-10-12-38(13-11-37)32(40)35-24-7-5-23(21-33)6-8-24/h5-8,19-20,22H,3-4,9-18H2,1-2H3,(H,35,40). The maximum atomic E-state index is 13.0. The van der Waals surface area contributed by atoms with Crippen LogP contribution in [0.15, 0.2) is 42.6 Å². The number of aromatic nitrogens is 1. The zero-order chi connectivity index (χ0) is 30.9. The predicted octanol–water partition coefficient (Wildman–Crippen LogP) is 3.75. The Labute approximate surface area is 257 Å². The molecular formula is C32H38N6O6. The Bertz CT molecular complexity index is 1490. The van der Waals surface area contributed by atoms with Gasteiger partial charge in [-0.25, -0.2) is 9.59 Å². The number of urea groups is 1. The number of carbonyl (C=O) groups excluding carboxylic acids is 2. The Morgan fingerprint density at radius 2 is 1.80 bits per heavy atom. The minimum Gasteiger partial charge on any atom is -0.493 e. The number of nitrogens with zero attached hydrogens (tertiary/aromatic N) is 5. The number of rotatable bonds is 10. The molecule has 0 saturated carbocycles. The van der Waals surface area contributed by atoms with Crippen molar-refractivity contribution in [3.05, 3.63) is 53.7 Å². The van der Waals surface area contributed by atoms with Crippen molar-refractivity contribution in [1.29, 1.82) is 5.26 Å². The number of benzene rings is 2. The summed E-state index contributed by atoms with van der Waals surface area (Å²) in [6.45, 7) is 8.73. The molecule has 0 atom stereocenters. The maximum absolute atomic E-state index is 13.0. The van der Waals surface area contributed by atoms with Crippen LogP contribution in [0, 0.1) is 11.3 Å². The molecule has 2 amide bonds. The number of methoxy groups -OCH3 is 1. The van der Waals surface area contributed by atoms with Gasteiger partial charge in [-0.15, -0.1) is 0 Å². The first-order valence-corrected chi connectivity index (χ1v) is 14.9. The Balaban J connectivity index is 1.32. The molecule has 0 bridgehead atoms. The van der Waals surface area contributed by atoms with Crippen LogP contribution in [0.2, 0.25) is 0 Å². The number of hydrogen-bond acceptors (Lipinski definition) is 10. The summed E-state index contributed by atoms with van der Waals surface area (Å²) in [5.74, 6) is 0.683. The Hall–Kier alpha value is -4.60. The van der Waals surface area contributed by atoms with Gasteiger partial charge in [0, 0.05) is 69.2 Å². The maximum Gasteiger partial charge on any atom is 0.341 e. The highest BCUT2D eigenvalue weighted by molar-refractivity contribution is 6.06. The lowest BCUT2D eigenvalue weighted by atomic mass is 10.1. The average molecular weight is 603 g/mol. The van der Waals surface area contributed by atoms with E-state index in [9.17, 15) is 9.59 Å². The molecule has 0 spiro atoms. The van der Waals surface area contributed by atoms with Gasteiger partial charge in [-0.1, -0.05) is 0 Å². The Morgan fingerprint density at radius 3 is 2.48 bits per heavy atom. The van der Waals surface area contributed by atoms with Crippen LogP contribution in [0.25, 0.3) is 10.9 Å². The van der Waals surface area contributed by atoms with E-state index in [-0.39, 0.29) is 12.6 Å². The van der Waals surface area contributed by atoms with Crippen LogP contribution in [0.3, 0.4) is 0 Å². The number of piperazine rings is 1. The van der Waals surface area contributed by atoms with Crippen LogP contribution < -0.4 is 19.7 Å². The molecule has 0 unspecified atom stereocenters. The average Bonchev–Trinajstić information content (AvgIpc) is 3.06. The molecule has 0 radical (unpaired) electrons. The summed E-state index contributed by atoms with van der Waals surface area (Å²) < 4.78 is 22.7. The number of nitrogens with one attached hydrogen (secondary N) is 1. The number of nitriles is 1. The third-order valence-electron chi connectivity index (χ3n) is 7.75. The zero-order valence-corrected chi connectivity index (χ0v) is 25.2. The molecule has 2 aromatic carbocycles. The molecule has 2 aliphatic heterocycles. The van der Waals surface area contributed by atoms with Gasteiger partial charge in [0.15, 0.2) is 11.5 Å². The number of carbonyl (C=O) groups is 2. The third kappa shape index (κ3) is 7.30. The van der Waals surface area contributed by atoms with Crippen molar-refractivity contribution in [2.45, 2.75) is 13.3 Å². The van der Waals surface area contributed by atoms with E-state index in [4.69, 9.17) is 24.2 Å². The topological polar surface area (TPSA) is 129 Å². The van der Waals surface area contributed by atoms with Crippen LogP contribution in [0.5, 0.6) is 11.5 Å². The van der Waals surface area contributed by atoms with E-state index in [0.29, 0.717) is 72.3 Å². The van der Waals surface area contributed by atoms with E-state index in [1.165, 1.54) is 0 Å². The summed E-state index contributed by atoms with van der Waals surface area (Å²) in [7, 11) is 1.59. The van der Waals surface area contributed by atoms with Crippen molar-refractivity contribution in [1.82, 2.24) is 14.8 Å². The lowest BCUT2D eigenvalue weighted by Gasteiger charge is -2.37. The smallest absolute Gasteiger partial charge is 0.341 e. The number of ether oxygens (including phenoxy) is 4. The van der Waals surface area contributed by atoms with Gasteiger partial charge in [0.05, 0.1) is 56.4 Å². The summed E-state index contributed by atoms with van der Waals surface area (Å²) >= 11 is 0. The van der Waals surface area contributed by atoms with Crippen LogP contribution in [-0.2, 0) is 9.47 Å². The molecule has 12 nitrogen and oxygen atoms in total. The lowest BCUT2D eigenvalue weighted by Crippen LogP contribution is -2.50. The largest absolute Gasteiger partial charge is 0.493 e. The molecule has 44 heavy (non-hydrogen) atoms. The highest BCUT2D eigenvalue weighted by Gasteiger charge is 2.28. The first kappa shape index (κ1) is 30.8. The van der Waals surface area contributed by atoms with Crippen molar-refractivity contribution < 1.29 is 28.5 Å². The molecule has 1 aromatic heterocycles. The van der Waals surface area contributed by atoms with Gasteiger partial charge in [-0.2, -0.15) is 5.26 Å².